The first-order chi connectivity index (χ1) is 14.4. The molecule has 0 aliphatic carbocycles. The summed E-state index contributed by atoms with van der Waals surface area (Å²) >= 11 is 0. The summed E-state index contributed by atoms with van der Waals surface area (Å²) in [5.41, 5.74) is 20.3. The van der Waals surface area contributed by atoms with Crippen molar-refractivity contribution in [2.45, 2.75) is 0 Å². The Bertz CT molecular complexity index is 994. The minimum absolute atomic E-state index is 1.34. The predicted octanol–water partition coefficient (Wildman–Crippen LogP) is -15.7. The van der Waals surface area contributed by atoms with Crippen molar-refractivity contribution in [1.29, 1.82) is 0 Å². The van der Waals surface area contributed by atoms with Crippen LogP contribution >= 0.6 is 0 Å². The normalized spacial score (nSPS) is 10.8. The predicted molar refractivity (Wildman–Crippen MR) is 179 cm³/mol. The molecule has 0 fully saturated rings. The van der Waals surface area contributed by atoms with Gasteiger partial charge in [-0.1, -0.05) is 83.8 Å². The SMILES string of the molecule is Bc1cc(B)c(B)c(N(c2c(B)c(B)cc(B)c2B)c2c(B)c(B)cc(B)c2B)c1B. The Balaban J connectivity index is 2.61. The van der Waals surface area contributed by atoms with E-state index in [-0.39, 0.29) is 0 Å². The van der Waals surface area contributed by atoms with Crippen molar-refractivity contribution < 1.29 is 0 Å². The van der Waals surface area contributed by atoms with Gasteiger partial charge in [0, 0.05) is 17.1 Å². The van der Waals surface area contributed by atoms with Gasteiger partial charge in [0.15, 0.2) is 0 Å². The molecule has 0 radical (unpaired) electrons. The van der Waals surface area contributed by atoms with E-state index in [9.17, 15) is 0 Å². The molecule has 31 heavy (non-hydrogen) atoms. The Morgan fingerprint density at radius 2 is 0.484 bits per heavy atom. The molecule has 140 valence electrons. The van der Waals surface area contributed by atoms with Crippen molar-refractivity contribution in [1.82, 2.24) is 0 Å². The summed E-state index contributed by atoms with van der Waals surface area (Å²) in [6.07, 6.45) is 0. The molecule has 0 aliphatic heterocycles. The monoisotopic (exact) mass is 389 g/mol. The minimum Gasteiger partial charge on any atom is -0.314 e. The van der Waals surface area contributed by atoms with E-state index >= 15 is 0 Å². The summed E-state index contributed by atoms with van der Waals surface area (Å²) in [6.45, 7) is 0. The summed E-state index contributed by atoms with van der Waals surface area (Å²) in [6, 6.07) is 6.98. The molecule has 0 saturated heterocycles. The van der Waals surface area contributed by atoms with Crippen LogP contribution in [-0.4, -0.2) is 94.2 Å². The first-order valence-corrected chi connectivity index (χ1v) is 11.4. The van der Waals surface area contributed by atoms with Crippen LogP contribution in [0.4, 0.5) is 17.1 Å². The number of nitrogens with zero attached hydrogens (tertiary/aromatic N) is 1. The van der Waals surface area contributed by atoms with E-state index in [2.05, 4.69) is 117 Å². The van der Waals surface area contributed by atoms with Crippen LogP contribution < -0.4 is 70.5 Å². The maximum atomic E-state index is 2.60. The van der Waals surface area contributed by atoms with E-state index in [0.29, 0.717) is 0 Å². The molecular formula is C18H27B12N. The zero-order valence-electron chi connectivity index (χ0n) is 21.7. The summed E-state index contributed by atoms with van der Waals surface area (Å²) in [5, 5.41) is 0. The third kappa shape index (κ3) is 3.94. The van der Waals surface area contributed by atoms with Gasteiger partial charge >= 0.3 is 0 Å². The maximum Gasteiger partial charge on any atom is 0.141 e. The molecule has 0 amide bonds. The largest absolute Gasteiger partial charge is 0.314 e. The maximum absolute atomic E-state index is 2.60. The van der Waals surface area contributed by atoms with Gasteiger partial charge in [-0.15, -0.1) is 0 Å². The Hall–Kier alpha value is -1.76. The second-order valence-electron chi connectivity index (χ2n) is 9.66. The molecule has 0 atom stereocenters. The lowest BCUT2D eigenvalue weighted by Gasteiger charge is -2.38. The van der Waals surface area contributed by atoms with Crippen LogP contribution in [-0.2, 0) is 0 Å². The van der Waals surface area contributed by atoms with Gasteiger partial charge in [-0.3, -0.25) is 0 Å². The van der Waals surface area contributed by atoms with Crippen LogP contribution in [0, 0.1) is 0 Å². The smallest absolute Gasteiger partial charge is 0.141 e. The molecule has 3 aromatic rings. The molecule has 0 spiro atoms. The van der Waals surface area contributed by atoms with E-state index in [0.717, 1.165) is 0 Å². The summed E-state index contributed by atoms with van der Waals surface area (Å²) in [4.78, 5) is 2.60. The number of rotatable bonds is 3. The second kappa shape index (κ2) is 8.64. The summed E-state index contributed by atoms with van der Waals surface area (Å²) in [7, 11) is 27.1. The molecule has 3 rings (SSSR count). The molecule has 1 nitrogen and oxygen atoms in total. The highest BCUT2D eigenvalue weighted by atomic mass is 15.2. The lowest BCUT2D eigenvalue weighted by Crippen LogP contribution is -2.52. The molecule has 3 aromatic carbocycles. The number of anilines is 3. The Morgan fingerprint density at radius 1 is 0.323 bits per heavy atom. The zero-order valence-corrected chi connectivity index (χ0v) is 21.7. The van der Waals surface area contributed by atoms with E-state index in [4.69, 9.17) is 0 Å². The molecule has 0 heterocycles. The number of hydrogen-bond donors (Lipinski definition) is 0. The summed E-state index contributed by atoms with van der Waals surface area (Å²) in [5.74, 6) is 0. The van der Waals surface area contributed by atoms with Crippen molar-refractivity contribution in [2.75, 3.05) is 4.90 Å². The first-order valence-electron chi connectivity index (χ1n) is 11.4. The molecular weight excluding hydrogens is 360 g/mol. The van der Waals surface area contributed by atoms with Crippen molar-refractivity contribution in [3.05, 3.63) is 18.2 Å². The van der Waals surface area contributed by atoms with Crippen molar-refractivity contribution in [2.24, 2.45) is 0 Å². The lowest BCUT2D eigenvalue weighted by molar-refractivity contribution is 1.36. The molecule has 0 aliphatic rings. The van der Waals surface area contributed by atoms with Gasteiger partial charge in [-0.05, 0) is 0 Å². The van der Waals surface area contributed by atoms with E-state index < -0.39 is 0 Å². The zero-order chi connectivity index (χ0) is 23.4. The third-order valence-electron chi connectivity index (χ3n) is 7.65. The third-order valence-corrected chi connectivity index (χ3v) is 7.65. The molecule has 0 N–H and O–H groups in total. The fourth-order valence-corrected chi connectivity index (χ4v) is 4.93. The molecule has 13 heteroatoms. The van der Waals surface area contributed by atoms with Gasteiger partial charge in [0.05, 0.1) is 0 Å². The minimum atomic E-state index is 1.34. The van der Waals surface area contributed by atoms with Crippen LogP contribution in [0.2, 0.25) is 0 Å². The highest BCUT2D eigenvalue weighted by Gasteiger charge is 2.25. The van der Waals surface area contributed by atoms with Crippen LogP contribution in [0.5, 0.6) is 0 Å². The van der Waals surface area contributed by atoms with Crippen molar-refractivity contribution in [3.8, 4) is 0 Å². The highest BCUT2D eigenvalue weighted by Crippen LogP contribution is 2.25. The Morgan fingerprint density at radius 3 is 0.645 bits per heavy atom. The summed E-state index contributed by atoms with van der Waals surface area (Å²) < 4.78 is 0. The highest BCUT2D eigenvalue weighted by molar-refractivity contribution is 6.64. The van der Waals surface area contributed by atoms with Crippen LogP contribution in [0.3, 0.4) is 0 Å². The topological polar surface area (TPSA) is 3.24 Å². The van der Waals surface area contributed by atoms with Crippen molar-refractivity contribution in [3.63, 3.8) is 0 Å². The van der Waals surface area contributed by atoms with E-state index in [1.54, 1.807) is 0 Å². The average molecular weight is 387 g/mol. The van der Waals surface area contributed by atoms with Crippen LogP contribution in [0.1, 0.15) is 0 Å². The van der Waals surface area contributed by atoms with Gasteiger partial charge in [0.2, 0.25) is 0 Å². The van der Waals surface area contributed by atoms with Crippen molar-refractivity contribution >= 4 is 177 Å². The molecule has 0 bridgehead atoms. The lowest BCUT2D eigenvalue weighted by atomic mass is 9.65. The fourth-order valence-electron chi connectivity index (χ4n) is 4.93. The average Bonchev–Trinajstić information content (AvgIpc) is 2.69. The molecule has 0 aromatic heterocycles. The second-order valence-corrected chi connectivity index (χ2v) is 9.66. The van der Waals surface area contributed by atoms with Gasteiger partial charge in [-0.25, -0.2) is 0 Å². The van der Waals surface area contributed by atoms with Gasteiger partial charge in [0.1, 0.15) is 94.2 Å². The molecule has 0 saturated carbocycles. The van der Waals surface area contributed by atoms with Crippen LogP contribution in [0.15, 0.2) is 18.2 Å². The first kappa shape index (κ1) is 23.9. The van der Waals surface area contributed by atoms with Gasteiger partial charge in [-0.2, -0.15) is 0 Å². The van der Waals surface area contributed by atoms with Gasteiger partial charge < -0.3 is 4.90 Å². The van der Waals surface area contributed by atoms with Gasteiger partial charge in [0.25, 0.3) is 0 Å². The standard InChI is InChI=1S/C18H27B12N/c19-4-1-5(20)11(26)16(10(4)25)31(17-12(27)6(21)2-7(22)13(17)28)18-14(29)8(23)3-9(24)15(18)30/h1-3H,19-30H2. The number of benzene rings is 3. The van der Waals surface area contributed by atoms with Crippen LogP contribution in [0.25, 0.3) is 0 Å². The van der Waals surface area contributed by atoms with E-state index in [1.807, 2.05) is 0 Å². The van der Waals surface area contributed by atoms with E-state index in [1.165, 1.54) is 82.6 Å². The Labute approximate surface area is 199 Å². The molecule has 0 unspecified atom stereocenters. The Kier molecular flexibility index (Phi) is 6.66. The quantitative estimate of drug-likeness (QED) is 0.404. The fraction of sp³-hybridized carbons (Fsp3) is 0. The number of hydrogen-bond acceptors (Lipinski definition) is 1.